The first kappa shape index (κ1) is 24.3. The molecule has 2 aromatic carbocycles. The van der Waals surface area contributed by atoms with E-state index in [4.69, 9.17) is 9.15 Å². The molecule has 1 aliphatic rings. The van der Waals surface area contributed by atoms with Gasteiger partial charge in [0.1, 0.15) is 17.3 Å². The number of benzene rings is 2. The molecular weight excluding hydrogens is 442 g/mol. The minimum Gasteiger partial charge on any atom is -0.507 e. The number of aliphatic hydroxyl groups excluding tert-OH is 1. The molecule has 0 bridgehead atoms. The van der Waals surface area contributed by atoms with E-state index < -0.39 is 17.7 Å². The predicted molar refractivity (Wildman–Crippen MR) is 134 cm³/mol. The fraction of sp³-hybridized carbons (Fsp3) is 0.310. The van der Waals surface area contributed by atoms with Crippen LogP contribution in [0.4, 0.5) is 0 Å². The summed E-state index contributed by atoms with van der Waals surface area (Å²) in [7, 11) is 1.61. The molecule has 6 heteroatoms. The van der Waals surface area contributed by atoms with Crippen LogP contribution in [0, 0.1) is 6.92 Å². The third-order valence-corrected chi connectivity index (χ3v) is 6.60. The van der Waals surface area contributed by atoms with Gasteiger partial charge in [0.2, 0.25) is 0 Å². The number of rotatable bonds is 7. The van der Waals surface area contributed by atoms with Gasteiger partial charge in [-0.2, -0.15) is 0 Å². The summed E-state index contributed by atoms with van der Waals surface area (Å²) in [5.74, 6) is -0.140. The normalized spacial score (nSPS) is 17.4. The third-order valence-electron chi connectivity index (χ3n) is 6.60. The number of hydrogen-bond acceptors (Lipinski definition) is 5. The largest absolute Gasteiger partial charge is 0.507 e. The van der Waals surface area contributed by atoms with Gasteiger partial charge >= 0.3 is 0 Å². The molecule has 1 saturated heterocycles. The Kier molecular flexibility index (Phi) is 6.83. The average molecular weight is 474 g/mol. The topological polar surface area (TPSA) is 80.0 Å². The number of methoxy groups -OCH3 is 1. The van der Waals surface area contributed by atoms with Gasteiger partial charge in [0.15, 0.2) is 0 Å². The highest BCUT2D eigenvalue weighted by atomic mass is 16.5. The van der Waals surface area contributed by atoms with Crippen LogP contribution >= 0.6 is 0 Å². The monoisotopic (exact) mass is 473 g/mol. The number of aryl methyl sites for hydroxylation is 2. The molecule has 6 nitrogen and oxygen atoms in total. The van der Waals surface area contributed by atoms with E-state index in [1.807, 2.05) is 57.2 Å². The van der Waals surface area contributed by atoms with Gasteiger partial charge in [-0.15, -0.1) is 0 Å². The van der Waals surface area contributed by atoms with Crippen LogP contribution in [0.1, 0.15) is 66.3 Å². The van der Waals surface area contributed by atoms with E-state index in [2.05, 4.69) is 6.92 Å². The first-order chi connectivity index (χ1) is 16.8. The Hall–Kier alpha value is -3.80. The SMILES string of the molecule is CCc1ccc(C2/C(=C(\O)c3cc(C(C)C)c(OC)cc3C)C(=O)C(=O)N2Cc2ccco2)cc1. The number of hydrogen-bond donors (Lipinski definition) is 1. The van der Waals surface area contributed by atoms with Crippen molar-refractivity contribution in [1.29, 1.82) is 0 Å². The highest BCUT2D eigenvalue weighted by Gasteiger charge is 2.46. The summed E-state index contributed by atoms with van der Waals surface area (Å²) in [5.41, 5.74) is 4.15. The molecule has 1 fully saturated rings. The van der Waals surface area contributed by atoms with E-state index in [-0.39, 0.29) is 23.8 Å². The van der Waals surface area contributed by atoms with Crippen LogP contribution in [0.3, 0.4) is 0 Å². The van der Waals surface area contributed by atoms with E-state index in [1.165, 1.54) is 11.2 Å². The Morgan fingerprint density at radius 1 is 1.14 bits per heavy atom. The predicted octanol–water partition coefficient (Wildman–Crippen LogP) is 5.90. The van der Waals surface area contributed by atoms with Crippen LogP contribution in [0.2, 0.25) is 0 Å². The lowest BCUT2D eigenvalue weighted by atomic mass is 9.90. The number of Topliss-reactive ketones (excluding diaryl/α,β-unsaturated/α-hetero) is 1. The molecule has 1 atom stereocenters. The van der Waals surface area contributed by atoms with Crippen molar-refractivity contribution in [3.63, 3.8) is 0 Å². The number of amides is 1. The number of carbonyl (C=O) groups excluding carboxylic acids is 2. The lowest BCUT2D eigenvalue weighted by molar-refractivity contribution is -0.140. The average Bonchev–Trinajstić information content (AvgIpc) is 3.45. The van der Waals surface area contributed by atoms with Gasteiger partial charge in [-0.3, -0.25) is 9.59 Å². The first-order valence-electron chi connectivity index (χ1n) is 11.8. The van der Waals surface area contributed by atoms with Gasteiger partial charge < -0.3 is 19.2 Å². The molecule has 3 aromatic rings. The van der Waals surface area contributed by atoms with Crippen molar-refractivity contribution in [2.24, 2.45) is 0 Å². The zero-order chi connectivity index (χ0) is 25.3. The summed E-state index contributed by atoms with van der Waals surface area (Å²) in [4.78, 5) is 28.0. The summed E-state index contributed by atoms with van der Waals surface area (Å²) in [6, 6.07) is 14.3. The lowest BCUT2D eigenvalue weighted by Crippen LogP contribution is -2.29. The minimum absolute atomic E-state index is 0.0776. The van der Waals surface area contributed by atoms with E-state index >= 15 is 0 Å². The molecule has 1 N–H and O–H groups in total. The molecule has 0 saturated carbocycles. The number of carbonyl (C=O) groups is 2. The fourth-order valence-electron chi connectivity index (χ4n) is 4.62. The molecule has 1 aliphatic heterocycles. The molecule has 0 radical (unpaired) electrons. The lowest BCUT2D eigenvalue weighted by Gasteiger charge is -2.25. The van der Waals surface area contributed by atoms with Crippen molar-refractivity contribution in [3.8, 4) is 5.75 Å². The second-order valence-corrected chi connectivity index (χ2v) is 9.17. The maximum Gasteiger partial charge on any atom is 0.296 e. The zero-order valence-electron chi connectivity index (χ0n) is 20.8. The number of aliphatic hydroxyl groups is 1. The van der Waals surface area contributed by atoms with Gasteiger partial charge in [0.05, 0.1) is 31.5 Å². The van der Waals surface area contributed by atoms with Crippen LogP contribution in [0.5, 0.6) is 5.75 Å². The molecule has 182 valence electrons. The van der Waals surface area contributed by atoms with Crippen LogP contribution in [0.25, 0.3) is 5.76 Å². The fourth-order valence-corrected chi connectivity index (χ4v) is 4.62. The van der Waals surface area contributed by atoms with Gasteiger partial charge in [-0.1, -0.05) is 45.0 Å². The molecule has 1 unspecified atom stereocenters. The van der Waals surface area contributed by atoms with Crippen LogP contribution in [-0.2, 0) is 22.6 Å². The molecule has 1 aromatic heterocycles. The first-order valence-corrected chi connectivity index (χ1v) is 11.8. The Bertz CT molecular complexity index is 1270. The van der Waals surface area contributed by atoms with Gasteiger partial charge in [-0.05, 0) is 65.8 Å². The van der Waals surface area contributed by atoms with Crippen molar-refractivity contribution in [1.82, 2.24) is 4.90 Å². The van der Waals surface area contributed by atoms with Crippen LogP contribution in [0.15, 0.2) is 64.8 Å². The maximum atomic E-state index is 13.4. The second kappa shape index (κ2) is 9.82. The number of ether oxygens (including phenoxy) is 1. The minimum atomic E-state index is -0.741. The van der Waals surface area contributed by atoms with E-state index in [9.17, 15) is 14.7 Å². The second-order valence-electron chi connectivity index (χ2n) is 9.17. The number of likely N-dealkylation sites (tertiary alicyclic amines) is 1. The van der Waals surface area contributed by atoms with Gasteiger partial charge in [0.25, 0.3) is 11.7 Å². The van der Waals surface area contributed by atoms with E-state index in [0.717, 1.165) is 34.4 Å². The molecule has 0 spiro atoms. The van der Waals surface area contributed by atoms with E-state index in [0.29, 0.717) is 11.3 Å². The van der Waals surface area contributed by atoms with E-state index in [1.54, 1.807) is 19.2 Å². The Labute approximate surface area is 205 Å². The smallest absolute Gasteiger partial charge is 0.296 e. The highest BCUT2D eigenvalue weighted by molar-refractivity contribution is 6.46. The van der Waals surface area contributed by atoms with Crippen molar-refractivity contribution in [3.05, 3.63) is 93.9 Å². The Morgan fingerprint density at radius 3 is 2.43 bits per heavy atom. The number of furan rings is 1. The molecule has 0 aliphatic carbocycles. The summed E-state index contributed by atoms with van der Waals surface area (Å²) < 4.78 is 11.0. The van der Waals surface area contributed by atoms with Gasteiger partial charge in [0, 0.05) is 5.56 Å². The molecule has 4 rings (SSSR count). The standard InChI is InChI=1S/C29H31NO5/c1-6-19-9-11-20(12-10-19)26-25(28(32)29(33)30(26)16-21-8-7-13-35-21)27(31)23-15-22(17(2)3)24(34-5)14-18(23)4/h7-15,17,26,31H,6,16H2,1-5H3/b27-25+. The third kappa shape index (κ3) is 4.48. The van der Waals surface area contributed by atoms with Crippen molar-refractivity contribution in [2.45, 2.75) is 52.6 Å². The van der Waals surface area contributed by atoms with Crippen molar-refractivity contribution >= 4 is 17.4 Å². The quantitative estimate of drug-likeness (QED) is 0.262. The summed E-state index contributed by atoms with van der Waals surface area (Å²) in [6.45, 7) is 8.11. The van der Waals surface area contributed by atoms with Gasteiger partial charge in [-0.25, -0.2) is 0 Å². The summed E-state index contributed by atoms with van der Waals surface area (Å²) in [6.07, 6.45) is 2.40. The van der Waals surface area contributed by atoms with Crippen LogP contribution in [-0.4, -0.2) is 28.8 Å². The Morgan fingerprint density at radius 2 is 1.86 bits per heavy atom. The molecular formula is C29H31NO5. The zero-order valence-corrected chi connectivity index (χ0v) is 20.8. The highest BCUT2D eigenvalue weighted by Crippen LogP contribution is 2.42. The Balaban J connectivity index is 1.91. The summed E-state index contributed by atoms with van der Waals surface area (Å²) >= 11 is 0. The molecule has 2 heterocycles. The molecule has 35 heavy (non-hydrogen) atoms. The van der Waals surface area contributed by atoms with Crippen molar-refractivity contribution < 1.29 is 23.8 Å². The maximum absolute atomic E-state index is 13.4. The number of nitrogens with zero attached hydrogens (tertiary/aromatic N) is 1. The number of ketones is 1. The van der Waals surface area contributed by atoms with Crippen LogP contribution < -0.4 is 4.74 Å². The van der Waals surface area contributed by atoms with Crippen molar-refractivity contribution in [2.75, 3.05) is 7.11 Å². The summed E-state index contributed by atoms with van der Waals surface area (Å²) in [5, 5.41) is 11.6. The molecule has 1 amide bonds.